The van der Waals surface area contributed by atoms with Crippen LogP contribution >= 0.6 is 0 Å². The van der Waals surface area contributed by atoms with Crippen molar-refractivity contribution >= 4 is 12.4 Å². The summed E-state index contributed by atoms with van der Waals surface area (Å²) in [7, 11) is 0. The van der Waals surface area contributed by atoms with Crippen LogP contribution in [-0.2, 0) is 12.8 Å². The molecule has 32 heavy (non-hydrogen) atoms. The lowest BCUT2D eigenvalue weighted by molar-refractivity contribution is 0.926. The van der Waals surface area contributed by atoms with Crippen LogP contribution in [0.4, 0.5) is 0 Å². The largest absolute Gasteiger partial charge is 0.291 e. The number of aromatic nitrogens is 4. The maximum Gasteiger partial charge on any atom is 0.0894 e. The van der Waals surface area contributed by atoms with Gasteiger partial charge in [-0.1, -0.05) is 24.3 Å². The quantitative estimate of drug-likeness (QED) is 0.379. The van der Waals surface area contributed by atoms with Gasteiger partial charge in [0, 0.05) is 62.1 Å². The standard InChI is InChI=1S/C26H24N6/c1-3-15-29-21(7-1)13-17-27-19-23-9-5-11-25(31-23)26-12-6-10-24(32-26)20-28-18-14-22-8-2-4-16-30-22/h1-12,15-16,19-20H,13-14,17-18H2. The highest BCUT2D eigenvalue weighted by atomic mass is 14.8. The normalized spacial score (nSPS) is 11.4. The summed E-state index contributed by atoms with van der Waals surface area (Å²) in [4.78, 5) is 27.0. The molecule has 4 heterocycles. The Morgan fingerprint density at radius 3 is 1.50 bits per heavy atom. The zero-order chi connectivity index (χ0) is 21.8. The highest BCUT2D eigenvalue weighted by Gasteiger charge is 2.03. The first kappa shape index (κ1) is 21.2. The van der Waals surface area contributed by atoms with Gasteiger partial charge in [0.15, 0.2) is 0 Å². The molecule has 0 unspecified atom stereocenters. The summed E-state index contributed by atoms with van der Waals surface area (Å²) in [6.45, 7) is 1.34. The van der Waals surface area contributed by atoms with E-state index in [2.05, 4.69) is 29.9 Å². The molecule has 0 N–H and O–H groups in total. The Hall–Kier alpha value is -4.06. The van der Waals surface area contributed by atoms with Gasteiger partial charge in [-0.3, -0.25) is 20.0 Å². The second-order valence-electron chi connectivity index (χ2n) is 7.11. The molecule has 0 fully saturated rings. The van der Waals surface area contributed by atoms with Gasteiger partial charge in [0.2, 0.25) is 0 Å². The molecule has 0 aliphatic heterocycles. The molecule has 0 aliphatic carbocycles. The lowest BCUT2D eigenvalue weighted by atomic mass is 10.2. The predicted octanol–water partition coefficient (Wildman–Crippen LogP) is 4.26. The fourth-order valence-corrected chi connectivity index (χ4v) is 3.10. The van der Waals surface area contributed by atoms with Crippen LogP contribution < -0.4 is 0 Å². The van der Waals surface area contributed by atoms with Gasteiger partial charge in [0.05, 0.1) is 22.8 Å². The van der Waals surface area contributed by atoms with Gasteiger partial charge in [-0.05, 0) is 48.5 Å². The van der Waals surface area contributed by atoms with E-state index in [-0.39, 0.29) is 0 Å². The summed E-state index contributed by atoms with van der Waals surface area (Å²) in [5.41, 5.74) is 5.30. The third-order valence-electron chi connectivity index (χ3n) is 4.70. The van der Waals surface area contributed by atoms with Crippen molar-refractivity contribution in [1.29, 1.82) is 0 Å². The fourth-order valence-electron chi connectivity index (χ4n) is 3.10. The summed E-state index contributed by atoms with van der Waals surface area (Å²) in [5.74, 6) is 0. The number of pyridine rings is 4. The Morgan fingerprint density at radius 2 is 1.06 bits per heavy atom. The topological polar surface area (TPSA) is 76.3 Å². The van der Waals surface area contributed by atoms with Crippen molar-refractivity contribution in [3.05, 3.63) is 108 Å². The molecule has 4 aromatic rings. The first-order chi connectivity index (χ1) is 15.9. The predicted molar refractivity (Wildman–Crippen MR) is 128 cm³/mol. The van der Waals surface area contributed by atoms with Gasteiger partial charge < -0.3 is 0 Å². The number of rotatable bonds is 9. The molecule has 6 nitrogen and oxygen atoms in total. The molecular formula is C26H24N6. The van der Waals surface area contributed by atoms with E-state index in [4.69, 9.17) is 0 Å². The maximum absolute atomic E-state index is 4.68. The summed E-state index contributed by atoms with van der Waals surface area (Å²) in [5, 5.41) is 0. The van der Waals surface area contributed by atoms with Gasteiger partial charge in [-0.15, -0.1) is 0 Å². The molecule has 0 bridgehead atoms. The molecule has 6 heteroatoms. The van der Waals surface area contributed by atoms with E-state index in [1.54, 1.807) is 24.8 Å². The lowest BCUT2D eigenvalue weighted by Crippen LogP contribution is -1.97. The third kappa shape index (κ3) is 6.47. The van der Waals surface area contributed by atoms with Crippen LogP contribution in [0.3, 0.4) is 0 Å². The molecule has 0 radical (unpaired) electrons. The summed E-state index contributed by atoms with van der Waals surface area (Å²) < 4.78 is 0. The first-order valence-electron chi connectivity index (χ1n) is 10.6. The molecule has 158 valence electrons. The van der Waals surface area contributed by atoms with E-state index < -0.39 is 0 Å². The van der Waals surface area contributed by atoms with Crippen molar-refractivity contribution in [1.82, 2.24) is 19.9 Å². The van der Waals surface area contributed by atoms with Crippen molar-refractivity contribution in [3.8, 4) is 11.4 Å². The zero-order valence-electron chi connectivity index (χ0n) is 17.7. The van der Waals surface area contributed by atoms with Crippen molar-refractivity contribution < 1.29 is 0 Å². The van der Waals surface area contributed by atoms with Gasteiger partial charge in [0.1, 0.15) is 0 Å². The molecule has 4 aromatic heterocycles. The Balaban J connectivity index is 1.36. The number of aliphatic imine (C=N–C) groups is 2. The Morgan fingerprint density at radius 1 is 0.562 bits per heavy atom. The summed E-state index contributed by atoms with van der Waals surface area (Å²) in [6, 6.07) is 23.6. The van der Waals surface area contributed by atoms with Crippen molar-refractivity contribution in [2.75, 3.05) is 13.1 Å². The molecule has 0 aromatic carbocycles. The van der Waals surface area contributed by atoms with Crippen LogP contribution in [0.15, 0.2) is 95.2 Å². The minimum atomic E-state index is 0.672. The number of hydrogen-bond donors (Lipinski definition) is 0. The molecule has 0 amide bonds. The average Bonchev–Trinajstić information content (AvgIpc) is 2.86. The molecule has 0 atom stereocenters. The summed E-state index contributed by atoms with van der Waals surface area (Å²) in [6.07, 6.45) is 8.82. The third-order valence-corrected chi connectivity index (χ3v) is 4.70. The number of hydrogen-bond acceptors (Lipinski definition) is 6. The van der Waals surface area contributed by atoms with Crippen molar-refractivity contribution in [3.63, 3.8) is 0 Å². The first-order valence-corrected chi connectivity index (χ1v) is 10.6. The van der Waals surface area contributed by atoms with E-state index in [0.717, 1.165) is 47.0 Å². The van der Waals surface area contributed by atoms with E-state index in [1.807, 2.05) is 72.8 Å². The number of nitrogens with zero attached hydrogens (tertiary/aromatic N) is 6. The molecule has 0 spiro atoms. The van der Waals surface area contributed by atoms with E-state index in [0.29, 0.717) is 13.1 Å². The Kier molecular flexibility index (Phi) is 7.52. The summed E-state index contributed by atoms with van der Waals surface area (Å²) >= 11 is 0. The van der Waals surface area contributed by atoms with Crippen molar-refractivity contribution in [2.24, 2.45) is 9.98 Å². The van der Waals surface area contributed by atoms with Crippen LogP contribution in [0, 0.1) is 0 Å². The highest BCUT2D eigenvalue weighted by Crippen LogP contribution is 2.14. The Bertz CT molecular complexity index is 1080. The van der Waals surface area contributed by atoms with Crippen LogP contribution in [0.5, 0.6) is 0 Å². The molecule has 0 saturated heterocycles. The minimum Gasteiger partial charge on any atom is -0.291 e. The van der Waals surface area contributed by atoms with Gasteiger partial charge in [-0.25, -0.2) is 9.97 Å². The monoisotopic (exact) mass is 420 g/mol. The van der Waals surface area contributed by atoms with E-state index in [1.165, 1.54) is 0 Å². The fraction of sp³-hybridized carbons (Fsp3) is 0.154. The van der Waals surface area contributed by atoms with Crippen LogP contribution in [0.2, 0.25) is 0 Å². The SMILES string of the molecule is C(=NCCc1ccccn1)c1cccc(-c2cccc(C=NCCc3ccccn3)n2)n1. The van der Waals surface area contributed by atoms with Crippen molar-refractivity contribution in [2.45, 2.75) is 12.8 Å². The van der Waals surface area contributed by atoms with Crippen LogP contribution in [0.25, 0.3) is 11.4 Å². The van der Waals surface area contributed by atoms with E-state index >= 15 is 0 Å². The molecule has 4 rings (SSSR count). The smallest absolute Gasteiger partial charge is 0.0894 e. The molecule has 0 aliphatic rings. The lowest BCUT2D eigenvalue weighted by Gasteiger charge is -2.03. The zero-order valence-corrected chi connectivity index (χ0v) is 17.7. The minimum absolute atomic E-state index is 0.672. The van der Waals surface area contributed by atoms with Gasteiger partial charge in [0.25, 0.3) is 0 Å². The Labute approximate surface area is 187 Å². The average molecular weight is 421 g/mol. The maximum atomic E-state index is 4.68. The second kappa shape index (κ2) is 11.4. The van der Waals surface area contributed by atoms with E-state index in [9.17, 15) is 0 Å². The van der Waals surface area contributed by atoms with Crippen LogP contribution in [0.1, 0.15) is 22.8 Å². The molecular weight excluding hydrogens is 396 g/mol. The highest BCUT2D eigenvalue weighted by molar-refractivity contribution is 5.79. The molecule has 0 saturated carbocycles. The van der Waals surface area contributed by atoms with Crippen LogP contribution in [-0.4, -0.2) is 45.5 Å². The van der Waals surface area contributed by atoms with Gasteiger partial charge >= 0.3 is 0 Å². The van der Waals surface area contributed by atoms with Gasteiger partial charge in [-0.2, -0.15) is 0 Å². The second-order valence-corrected chi connectivity index (χ2v) is 7.11.